The number of carbonyl (C=O) groups is 1. The summed E-state index contributed by atoms with van der Waals surface area (Å²) in [6.07, 6.45) is 11.8. The van der Waals surface area contributed by atoms with E-state index in [1.165, 1.54) is 5.56 Å². The van der Waals surface area contributed by atoms with E-state index in [0.717, 1.165) is 40.2 Å². The van der Waals surface area contributed by atoms with Gasteiger partial charge in [-0.3, -0.25) is 4.79 Å². The number of amides is 1. The van der Waals surface area contributed by atoms with Gasteiger partial charge in [0.15, 0.2) is 0 Å². The summed E-state index contributed by atoms with van der Waals surface area (Å²) in [5, 5.41) is 20.5. The molecule has 2 aromatic carbocycles. The Labute approximate surface area is 212 Å². The Bertz CT molecular complexity index is 1300. The average molecular weight is 481 g/mol. The summed E-state index contributed by atoms with van der Waals surface area (Å²) in [5.41, 5.74) is 7.10. The Hall–Kier alpha value is -4.16. The van der Waals surface area contributed by atoms with E-state index in [2.05, 4.69) is 66.6 Å². The summed E-state index contributed by atoms with van der Waals surface area (Å²) in [5.74, 6) is 0.175. The molecule has 1 aliphatic rings. The number of nitrogens with zero attached hydrogens (tertiary/aromatic N) is 2. The number of benzene rings is 2. The molecule has 6 nitrogen and oxygen atoms in total. The van der Waals surface area contributed by atoms with Crippen LogP contribution in [0.4, 0.5) is 0 Å². The second-order valence-corrected chi connectivity index (χ2v) is 8.88. The van der Waals surface area contributed by atoms with Crippen LogP contribution in [0, 0.1) is 6.92 Å². The molecule has 1 amide bonds. The summed E-state index contributed by atoms with van der Waals surface area (Å²) in [6.45, 7) is 7.37. The van der Waals surface area contributed by atoms with Crippen molar-refractivity contribution in [2.24, 2.45) is 0 Å². The van der Waals surface area contributed by atoms with Crippen LogP contribution in [-0.4, -0.2) is 33.9 Å². The normalized spacial score (nSPS) is 13.2. The van der Waals surface area contributed by atoms with Gasteiger partial charge < -0.3 is 15.7 Å². The number of aromatic hydroxyl groups is 1. The summed E-state index contributed by atoms with van der Waals surface area (Å²) in [7, 11) is 0. The first-order valence-electron chi connectivity index (χ1n) is 12.1. The van der Waals surface area contributed by atoms with Gasteiger partial charge in [-0.05, 0) is 55.7 Å². The van der Waals surface area contributed by atoms with E-state index in [-0.39, 0.29) is 18.2 Å². The number of hydrogen-bond donors (Lipinski definition) is 3. The number of aromatic nitrogens is 2. The number of carbonyl (C=O) groups excluding carboxylic acids is 1. The standard InChI is InChI=1S/C30H32N4O2/c1-22-5-3-4-6-25(12-7-22)29-19-27(34(33-29)26-13-8-23(2)9-14-26)20-31-21-30(36)32-18-17-24-10-15-28(35)16-11-24/h3-4,6-16,19,31,35H,1,5,17-18,20-21H2,2H3,(H,32,36). The Kier molecular flexibility index (Phi) is 8.32. The lowest BCUT2D eigenvalue weighted by Gasteiger charge is -2.10. The summed E-state index contributed by atoms with van der Waals surface area (Å²) < 4.78 is 1.93. The Morgan fingerprint density at radius 3 is 2.67 bits per heavy atom. The molecule has 0 fully saturated rings. The fourth-order valence-electron chi connectivity index (χ4n) is 3.86. The van der Waals surface area contributed by atoms with Crippen LogP contribution < -0.4 is 10.6 Å². The minimum Gasteiger partial charge on any atom is -0.508 e. The first-order chi connectivity index (χ1) is 17.5. The van der Waals surface area contributed by atoms with Crippen molar-refractivity contribution in [2.75, 3.05) is 13.1 Å². The lowest BCUT2D eigenvalue weighted by atomic mass is 10.1. The lowest BCUT2D eigenvalue weighted by molar-refractivity contribution is -0.120. The van der Waals surface area contributed by atoms with Gasteiger partial charge in [0.25, 0.3) is 0 Å². The summed E-state index contributed by atoms with van der Waals surface area (Å²) >= 11 is 0. The first kappa shape index (κ1) is 24.9. The van der Waals surface area contributed by atoms with Crippen molar-refractivity contribution in [3.63, 3.8) is 0 Å². The predicted octanol–water partition coefficient (Wildman–Crippen LogP) is 4.79. The zero-order chi connectivity index (χ0) is 25.3. The third-order valence-corrected chi connectivity index (χ3v) is 5.91. The number of nitrogens with one attached hydrogen (secondary N) is 2. The van der Waals surface area contributed by atoms with E-state index in [9.17, 15) is 9.90 Å². The van der Waals surface area contributed by atoms with E-state index in [1.54, 1.807) is 12.1 Å². The molecule has 1 aliphatic carbocycles. The van der Waals surface area contributed by atoms with Crippen molar-refractivity contribution < 1.29 is 9.90 Å². The van der Waals surface area contributed by atoms with Crippen molar-refractivity contribution in [2.45, 2.75) is 26.3 Å². The second kappa shape index (κ2) is 12.0. The molecule has 36 heavy (non-hydrogen) atoms. The molecule has 0 aliphatic heterocycles. The molecule has 3 N–H and O–H groups in total. The highest BCUT2D eigenvalue weighted by Crippen LogP contribution is 2.22. The van der Waals surface area contributed by atoms with Gasteiger partial charge in [-0.25, -0.2) is 4.68 Å². The van der Waals surface area contributed by atoms with E-state index in [4.69, 9.17) is 5.10 Å². The third-order valence-electron chi connectivity index (χ3n) is 5.91. The van der Waals surface area contributed by atoms with E-state index >= 15 is 0 Å². The SMILES string of the molecule is C=C1C=CC(c2cc(CNCC(=O)NCCc3ccc(O)cc3)n(-c3ccc(C)cc3)n2)=CC=CC1. The zero-order valence-electron chi connectivity index (χ0n) is 20.6. The van der Waals surface area contributed by atoms with Crippen LogP contribution >= 0.6 is 0 Å². The highest BCUT2D eigenvalue weighted by Gasteiger charge is 2.13. The Morgan fingerprint density at radius 2 is 1.89 bits per heavy atom. The minimum atomic E-state index is -0.0651. The monoisotopic (exact) mass is 480 g/mol. The zero-order valence-corrected chi connectivity index (χ0v) is 20.6. The summed E-state index contributed by atoms with van der Waals surface area (Å²) in [4.78, 5) is 12.4. The average Bonchev–Trinajstić information content (AvgIpc) is 3.27. The van der Waals surface area contributed by atoms with Gasteiger partial charge in [0.2, 0.25) is 5.91 Å². The van der Waals surface area contributed by atoms with Crippen molar-refractivity contribution >= 4 is 11.5 Å². The van der Waals surface area contributed by atoms with Crippen LogP contribution in [0.25, 0.3) is 11.3 Å². The number of hydrogen-bond acceptors (Lipinski definition) is 4. The van der Waals surface area contributed by atoms with Gasteiger partial charge >= 0.3 is 0 Å². The molecule has 184 valence electrons. The maximum atomic E-state index is 12.4. The highest BCUT2D eigenvalue weighted by atomic mass is 16.3. The van der Waals surface area contributed by atoms with Gasteiger partial charge in [0, 0.05) is 18.7 Å². The second-order valence-electron chi connectivity index (χ2n) is 8.88. The summed E-state index contributed by atoms with van der Waals surface area (Å²) in [6, 6.07) is 17.3. The molecule has 1 heterocycles. The number of rotatable bonds is 9. The van der Waals surface area contributed by atoms with E-state index in [0.29, 0.717) is 19.5 Å². The Morgan fingerprint density at radius 1 is 1.11 bits per heavy atom. The molecule has 0 radical (unpaired) electrons. The number of aryl methyl sites for hydroxylation is 1. The molecule has 0 saturated heterocycles. The van der Waals surface area contributed by atoms with Gasteiger partial charge in [-0.15, -0.1) is 0 Å². The maximum absolute atomic E-state index is 12.4. The van der Waals surface area contributed by atoms with Crippen molar-refractivity contribution in [3.05, 3.63) is 120 Å². The van der Waals surface area contributed by atoms with Gasteiger partial charge in [0.1, 0.15) is 5.75 Å². The fourth-order valence-corrected chi connectivity index (χ4v) is 3.86. The Balaban J connectivity index is 1.41. The van der Waals surface area contributed by atoms with Gasteiger partial charge in [-0.2, -0.15) is 5.10 Å². The topological polar surface area (TPSA) is 79.2 Å². The maximum Gasteiger partial charge on any atom is 0.233 e. The van der Waals surface area contributed by atoms with Crippen molar-refractivity contribution in [3.8, 4) is 11.4 Å². The third kappa shape index (κ3) is 6.93. The molecule has 0 spiro atoms. The van der Waals surface area contributed by atoms with Gasteiger partial charge in [-0.1, -0.05) is 72.4 Å². The van der Waals surface area contributed by atoms with Crippen LogP contribution in [0.5, 0.6) is 5.75 Å². The number of phenols is 1. The van der Waals surface area contributed by atoms with Crippen LogP contribution in [0.1, 0.15) is 28.9 Å². The lowest BCUT2D eigenvalue weighted by Crippen LogP contribution is -2.35. The molecule has 3 aromatic rings. The molecular formula is C30H32N4O2. The highest BCUT2D eigenvalue weighted by molar-refractivity contribution is 5.78. The molecular weight excluding hydrogens is 448 g/mol. The van der Waals surface area contributed by atoms with Crippen LogP contribution in [-0.2, 0) is 17.8 Å². The molecule has 4 rings (SSSR count). The fraction of sp³-hybridized carbons (Fsp3) is 0.200. The molecule has 0 unspecified atom stereocenters. The molecule has 1 aromatic heterocycles. The molecule has 0 atom stereocenters. The predicted molar refractivity (Wildman–Crippen MR) is 145 cm³/mol. The molecule has 0 saturated carbocycles. The minimum absolute atomic E-state index is 0.0651. The first-order valence-corrected chi connectivity index (χ1v) is 12.1. The molecule has 0 bridgehead atoms. The van der Waals surface area contributed by atoms with Crippen LogP contribution in [0.2, 0.25) is 0 Å². The smallest absolute Gasteiger partial charge is 0.233 e. The number of allylic oxidation sites excluding steroid dienone is 7. The van der Waals surface area contributed by atoms with E-state index in [1.807, 2.05) is 35.0 Å². The number of phenolic OH excluding ortho intramolecular Hbond substituents is 1. The van der Waals surface area contributed by atoms with Gasteiger partial charge in [0.05, 0.1) is 23.6 Å². The quantitative estimate of drug-likeness (QED) is 0.411. The molecule has 6 heteroatoms. The van der Waals surface area contributed by atoms with Crippen molar-refractivity contribution in [1.82, 2.24) is 20.4 Å². The van der Waals surface area contributed by atoms with Crippen molar-refractivity contribution in [1.29, 1.82) is 0 Å². The van der Waals surface area contributed by atoms with Crippen LogP contribution in [0.15, 0.2) is 97.1 Å². The largest absolute Gasteiger partial charge is 0.508 e. The van der Waals surface area contributed by atoms with E-state index < -0.39 is 0 Å². The van der Waals surface area contributed by atoms with Crippen LogP contribution in [0.3, 0.4) is 0 Å².